The maximum atomic E-state index is 13.8. The van der Waals surface area contributed by atoms with Crippen LogP contribution in [0.25, 0.3) is 11.0 Å². The molecule has 2 heterocycles. The van der Waals surface area contributed by atoms with Crippen molar-refractivity contribution < 1.29 is 23.1 Å². The van der Waals surface area contributed by atoms with Crippen molar-refractivity contribution in [2.75, 3.05) is 23.5 Å². The van der Waals surface area contributed by atoms with Gasteiger partial charge >= 0.3 is 6.09 Å². The highest BCUT2D eigenvalue weighted by Gasteiger charge is 2.58. The van der Waals surface area contributed by atoms with Crippen LogP contribution in [-0.4, -0.2) is 53.6 Å². The summed E-state index contributed by atoms with van der Waals surface area (Å²) in [7, 11) is -3.11. The number of carbonyl (C=O) groups is 2. The van der Waals surface area contributed by atoms with Crippen molar-refractivity contribution in [1.29, 1.82) is 0 Å². The molecule has 1 aromatic heterocycles. The highest BCUT2D eigenvalue weighted by atomic mass is 35.5. The van der Waals surface area contributed by atoms with Crippen molar-refractivity contribution in [1.82, 2.24) is 14.9 Å². The zero-order valence-corrected chi connectivity index (χ0v) is 21.3. The van der Waals surface area contributed by atoms with Gasteiger partial charge in [0.1, 0.15) is 15.7 Å². The molecule has 1 aliphatic carbocycles. The molecule has 0 saturated heterocycles. The number of aryl methyl sites for hydroxylation is 1. The lowest BCUT2D eigenvalue weighted by Crippen LogP contribution is -2.52. The van der Waals surface area contributed by atoms with Gasteiger partial charge in [0.05, 0.1) is 28.7 Å². The van der Waals surface area contributed by atoms with E-state index >= 15 is 0 Å². The largest absolute Gasteiger partial charge is 0.465 e. The van der Waals surface area contributed by atoms with Crippen LogP contribution in [0.2, 0.25) is 5.02 Å². The van der Waals surface area contributed by atoms with Crippen LogP contribution in [0.3, 0.4) is 0 Å². The van der Waals surface area contributed by atoms with Crippen molar-refractivity contribution in [3.05, 3.63) is 58.9 Å². The highest BCUT2D eigenvalue weighted by molar-refractivity contribution is 7.90. The molecule has 9 nitrogen and oxygen atoms in total. The van der Waals surface area contributed by atoms with Crippen molar-refractivity contribution in [2.24, 2.45) is 5.92 Å². The Labute approximate surface area is 214 Å². The summed E-state index contributed by atoms with van der Waals surface area (Å²) < 4.78 is 25.4. The van der Waals surface area contributed by atoms with Crippen LogP contribution in [0, 0.1) is 5.92 Å². The molecule has 0 unspecified atom stereocenters. The van der Waals surface area contributed by atoms with E-state index in [-0.39, 0.29) is 24.1 Å². The summed E-state index contributed by atoms with van der Waals surface area (Å²) in [6.45, 7) is 1.00. The second kappa shape index (κ2) is 9.08. The molecule has 2 aromatic carbocycles. The monoisotopic (exact) mass is 530 g/mol. The van der Waals surface area contributed by atoms with E-state index in [1.807, 2.05) is 34.9 Å². The van der Waals surface area contributed by atoms with E-state index in [1.54, 1.807) is 17.0 Å². The number of imidazole rings is 1. The van der Waals surface area contributed by atoms with Crippen molar-refractivity contribution in [3.63, 3.8) is 0 Å². The summed E-state index contributed by atoms with van der Waals surface area (Å²) >= 11 is 6.19. The second-order valence-corrected chi connectivity index (χ2v) is 12.4. The Morgan fingerprint density at radius 2 is 2.00 bits per heavy atom. The number of nitrogens with zero attached hydrogens (tertiary/aromatic N) is 3. The molecule has 1 saturated carbocycles. The molecule has 0 radical (unpaired) electrons. The van der Waals surface area contributed by atoms with Crippen LogP contribution in [0.1, 0.15) is 30.7 Å². The van der Waals surface area contributed by atoms with Gasteiger partial charge in [0.15, 0.2) is 0 Å². The van der Waals surface area contributed by atoms with E-state index in [2.05, 4.69) is 5.32 Å². The fraction of sp³-hybridized carbons (Fsp3) is 0.400. The third-order valence-corrected chi connectivity index (χ3v) is 8.43. The number of anilines is 1. The van der Waals surface area contributed by atoms with Crippen LogP contribution in [-0.2, 0) is 33.1 Å². The molecule has 1 spiro atoms. The minimum Gasteiger partial charge on any atom is -0.465 e. The molecule has 0 bridgehead atoms. The third kappa shape index (κ3) is 4.43. The van der Waals surface area contributed by atoms with Crippen molar-refractivity contribution in [2.45, 2.75) is 37.8 Å². The summed E-state index contributed by atoms with van der Waals surface area (Å²) in [5.74, 6) is 0.799. The summed E-state index contributed by atoms with van der Waals surface area (Å²) in [6.07, 6.45) is 1.74. The molecular formula is C25H27ClN4O5S. The maximum Gasteiger partial charge on any atom is 0.404 e. The second-order valence-electron chi connectivity index (χ2n) is 9.75. The SMILES string of the molecule is CS(=O)(=O)CCCn1c(CN2C(=O)C3(CC(CNC(=O)O)C3)c3ccccc32)nc2cc(Cl)ccc21. The molecule has 2 aliphatic rings. The summed E-state index contributed by atoms with van der Waals surface area (Å²) in [5, 5.41) is 11.9. The fourth-order valence-electron chi connectivity index (χ4n) is 5.60. The Morgan fingerprint density at radius 1 is 1.25 bits per heavy atom. The van der Waals surface area contributed by atoms with Gasteiger partial charge in [-0.05, 0) is 55.0 Å². The number of sulfone groups is 1. The Hall–Kier alpha value is -3.11. The number of fused-ring (bicyclic) bond motifs is 3. The molecule has 0 atom stereocenters. The van der Waals surface area contributed by atoms with Crippen LogP contribution < -0.4 is 10.2 Å². The number of benzene rings is 2. The standard InChI is InChI=1S/C25H27ClN4O5S/c1-36(34,35)10-4-9-29-21-8-7-17(26)11-19(21)28-22(29)15-30-20-6-3-2-5-18(20)25(23(30)31)12-16(13-25)14-27-24(32)33/h2-3,5-8,11,16,27H,4,9-10,12-15H2,1H3,(H,32,33). The number of nitrogens with one attached hydrogen (secondary N) is 1. The first-order valence-electron chi connectivity index (χ1n) is 11.8. The first-order chi connectivity index (χ1) is 17.1. The smallest absolute Gasteiger partial charge is 0.404 e. The van der Waals surface area contributed by atoms with Gasteiger partial charge in [-0.1, -0.05) is 29.8 Å². The van der Waals surface area contributed by atoms with Crippen LogP contribution in [0.5, 0.6) is 0 Å². The molecule has 1 fully saturated rings. The van der Waals surface area contributed by atoms with Gasteiger partial charge in [0.2, 0.25) is 5.91 Å². The average molecular weight is 531 g/mol. The molecule has 5 rings (SSSR count). The van der Waals surface area contributed by atoms with Gasteiger partial charge in [-0.2, -0.15) is 0 Å². The van der Waals surface area contributed by atoms with Crippen LogP contribution in [0.4, 0.5) is 10.5 Å². The molecule has 36 heavy (non-hydrogen) atoms. The topological polar surface area (TPSA) is 122 Å². The van der Waals surface area contributed by atoms with Gasteiger partial charge in [-0.15, -0.1) is 0 Å². The number of hydrogen-bond acceptors (Lipinski definition) is 5. The number of rotatable bonds is 8. The van der Waals surface area contributed by atoms with Crippen molar-refractivity contribution >= 4 is 50.2 Å². The Balaban J connectivity index is 1.45. The number of halogens is 1. The summed E-state index contributed by atoms with van der Waals surface area (Å²) in [4.78, 5) is 31.3. The lowest BCUT2D eigenvalue weighted by molar-refractivity contribution is -0.128. The normalized spacial score (nSPS) is 21.1. The molecule has 1 aliphatic heterocycles. The number of carbonyl (C=O) groups excluding carboxylic acids is 1. The predicted molar refractivity (Wildman–Crippen MR) is 137 cm³/mol. The highest BCUT2D eigenvalue weighted by Crippen LogP contribution is 2.56. The van der Waals surface area contributed by atoms with Gasteiger partial charge in [0.25, 0.3) is 0 Å². The molecule has 2 N–H and O–H groups in total. The third-order valence-electron chi connectivity index (χ3n) is 7.17. The number of aromatic nitrogens is 2. The fourth-order valence-corrected chi connectivity index (χ4v) is 6.42. The van der Waals surface area contributed by atoms with E-state index < -0.39 is 21.3 Å². The average Bonchev–Trinajstić information content (AvgIpc) is 3.23. The zero-order valence-electron chi connectivity index (χ0n) is 19.8. The number of hydrogen-bond donors (Lipinski definition) is 2. The lowest BCUT2D eigenvalue weighted by atomic mass is 9.59. The summed E-state index contributed by atoms with van der Waals surface area (Å²) in [5.41, 5.74) is 2.66. The van der Waals surface area contributed by atoms with Crippen LogP contribution in [0.15, 0.2) is 42.5 Å². The first-order valence-corrected chi connectivity index (χ1v) is 14.2. The minimum absolute atomic E-state index is 0.0111. The van der Waals surface area contributed by atoms with Gasteiger partial charge in [0, 0.05) is 30.1 Å². The van der Waals surface area contributed by atoms with Gasteiger partial charge in [-0.3, -0.25) is 4.79 Å². The lowest BCUT2D eigenvalue weighted by Gasteiger charge is -2.44. The minimum atomic E-state index is -3.11. The number of carboxylic acid groups (broad SMARTS) is 1. The maximum absolute atomic E-state index is 13.8. The van der Waals surface area contributed by atoms with E-state index in [0.29, 0.717) is 48.7 Å². The van der Waals surface area contributed by atoms with E-state index in [1.165, 1.54) is 6.26 Å². The number of amides is 2. The van der Waals surface area contributed by atoms with E-state index in [9.17, 15) is 18.0 Å². The first kappa shape index (κ1) is 24.6. The van der Waals surface area contributed by atoms with Crippen molar-refractivity contribution in [3.8, 4) is 0 Å². The van der Waals surface area contributed by atoms with Gasteiger partial charge in [-0.25, -0.2) is 18.2 Å². The molecule has 2 amide bonds. The molecule has 11 heteroatoms. The van der Waals surface area contributed by atoms with Gasteiger partial charge < -0.3 is 19.9 Å². The Bertz CT molecular complexity index is 1460. The van der Waals surface area contributed by atoms with Crippen LogP contribution >= 0.6 is 11.6 Å². The van der Waals surface area contributed by atoms with E-state index in [0.717, 1.165) is 16.8 Å². The Morgan fingerprint density at radius 3 is 2.72 bits per heavy atom. The number of para-hydroxylation sites is 1. The quantitative estimate of drug-likeness (QED) is 0.459. The summed E-state index contributed by atoms with van der Waals surface area (Å²) in [6, 6.07) is 13.1. The predicted octanol–water partition coefficient (Wildman–Crippen LogP) is 3.59. The Kier molecular flexibility index (Phi) is 6.20. The molecule has 190 valence electrons. The van der Waals surface area contributed by atoms with E-state index in [4.69, 9.17) is 21.7 Å². The zero-order chi connectivity index (χ0) is 25.7. The molecule has 3 aromatic rings. The molecular weight excluding hydrogens is 504 g/mol.